The zero-order valence-electron chi connectivity index (χ0n) is 18.1. The minimum atomic E-state index is -0.102. The summed E-state index contributed by atoms with van der Waals surface area (Å²) in [5.74, 6) is 0. The highest BCUT2D eigenvalue weighted by Crippen LogP contribution is 2.26. The molecule has 8 heteroatoms. The number of anilines is 1. The largest absolute Gasteiger partial charge is 0.395 e. The Kier molecular flexibility index (Phi) is 5.50. The Morgan fingerprint density at radius 2 is 1.90 bits per heavy atom. The Bertz CT molecular complexity index is 1140. The molecule has 3 aromatic rings. The lowest BCUT2D eigenvalue weighted by Gasteiger charge is -2.36. The molecule has 0 radical (unpaired) electrons. The number of aryl methyl sites for hydroxylation is 2. The molecule has 0 amide bonds. The van der Waals surface area contributed by atoms with Crippen molar-refractivity contribution in [2.24, 2.45) is 7.05 Å². The van der Waals surface area contributed by atoms with Crippen LogP contribution in [0.25, 0.3) is 10.9 Å². The zero-order valence-corrected chi connectivity index (χ0v) is 18.1. The number of hydrogen-bond acceptors (Lipinski definition) is 6. The van der Waals surface area contributed by atoms with Gasteiger partial charge in [0.1, 0.15) is 0 Å². The van der Waals surface area contributed by atoms with Crippen molar-refractivity contribution in [2.45, 2.75) is 38.8 Å². The van der Waals surface area contributed by atoms with Crippen LogP contribution in [0.4, 0.5) is 5.69 Å². The monoisotopic (exact) mass is 422 g/mol. The summed E-state index contributed by atoms with van der Waals surface area (Å²) in [6, 6.07) is 5.89. The van der Waals surface area contributed by atoms with Crippen LogP contribution in [0.5, 0.6) is 0 Å². The summed E-state index contributed by atoms with van der Waals surface area (Å²) in [6.07, 6.45) is 6.36. The van der Waals surface area contributed by atoms with Gasteiger partial charge >= 0.3 is 0 Å². The van der Waals surface area contributed by atoms with Gasteiger partial charge in [-0.3, -0.25) is 18.9 Å². The van der Waals surface area contributed by atoms with Gasteiger partial charge in [0.15, 0.2) is 0 Å². The molecule has 1 aliphatic carbocycles. The maximum atomic E-state index is 12.5. The van der Waals surface area contributed by atoms with Crippen LogP contribution in [0.1, 0.15) is 29.8 Å². The third kappa shape index (κ3) is 3.85. The summed E-state index contributed by atoms with van der Waals surface area (Å²) in [5.41, 5.74) is 5.90. The number of fused-ring (bicyclic) bond motifs is 2. The predicted molar refractivity (Wildman–Crippen MR) is 120 cm³/mol. The Balaban J connectivity index is 1.27. The molecule has 1 aliphatic heterocycles. The number of aliphatic hydroxyl groups is 1. The molecule has 0 bridgehead atoms. The second kappa shape index (κ2) is 8.43. The molecule has 1 N–H and O–H groups in total. The first-order chi connectivity index (χ1) is 15.1. The summed E-state index contributed by atoms with van der Waals surface area (Å²) < 4.78 is 3.55. The van der Waals surface area contributed by atoms with Gasteiger partial charge in [-0.2, -0.15) is 5.10 Å². The maximum Gasteiger partial charge on any atom is 0.261 e. The van der Waals surface area contributed by atoms with E-state index in [0.717, 1.165) is 44.8 Å². The van der Waals surface area contributed by atoms with E-state index >= 15 is 0 Å². The van der Waals surface area contributed by atoms with Crippen LogP contribution in [0.2, 0.25) is 0 Å². The van der Waals surface area contributed by atoms with Gasteiger partial charge in [0.2, 0.25) is 0 Å². The molecule has 164 valence electrons. The molecule has 1 fully saturated rings. The molecule has 0 unspecified atom stereocenters. The Hall–Kier alpha value is -2.71. The van der Waals surface area contributed by atoms with Crippen LogP contribution < -0.4 is 10.5 Å². The van der Waals surface area contributed by atoms with Crippen molar-refractivity contribution in [1.82, 2.24) is 24.2 Å². The van der Waals surface area contributed by atoms with Crippen molar-refractivity contribution >= 4 is 16.6 Å². The molecule has 1 aromatic carbocycles. The first kappa shape index (κ1) is 20.2. The van der Waals surface area contributed by atoms with Gasteiger partial charge in [0, 0.05) is 45.5 Å². The number of aliphatic hydroxyl groups excluding tert-OH is 1. The van der Waals surface area contributed by atoms with E-state index in [1.807, 2.05) is 18.2 Å². The molecule has 0 spiro atoms. The van der Waals surface area contributed by atoms with Crippen molar-refractivity contribution in [3.63, 3.8) is 0 Å². The number of rotatable bonds is 5. The summed E-state index contributed by atoms with van der Waals surface area (Å²) in [4.78, 5) is 21.8. The number of nitrogens with zero attached hydrogens (tertiary/aromatic N) is 6. The number of piperazine rings is 1. The van der Waals surface area contributed by atoms with Gasteiger partial charge in [-0.1, -0.05) is 0 Å². The van der Waals surface area contributed by atoms with Crippen molar-refractivity contribution < 1.29 is 5.11 Å². The Morgan fingerprint density at radius 3 is 2.71 bits per heavy atom. The normalized spacial score (nSPS) is 17.3. The average Bonchev–Trinajstić information content (AvgIpc) is 3.11. The standard InChI is InChI=1S/C23H30N6O2/c1-26-22(18-4-2-3-5-20(18)25-26)15-27-8-10-28(11-9-27)17-6-7-19-21(14-17)24-16-29(12-13-30)23(19)31/h6-7,14,16,30H,2-5,8-13,15H2,1H3. The SMILES string of the molecule is Cn1nc2c(c1CN1CCN(c3ccc4c(=O)n(CCO)cnc4c3)CC1)CCCC2. The van der Waals surface area contributed by atoms with Crippen LogP contribution in [-0.2, 0) is 33.0 Å². The summed E-state index contributed by atoms with van der Waals surface area (Å²) in [6.45, 7) is 5.08. The van der Waals surface area contributed by atoms with Gasteiger partial charge in [-0.25, -0.2) is 4.98 Å². The molecular formula is C23H30N6O2. The van der Waals surface area contributed by atoms with Crippen LogP contribution in [0.3, 0.4) is 0 Å². The van der Waals surface area contributed by atoms with Crippen molar-refractivity contribution in [2.75, 3.05) is 37.7 Å². The highest BCUT2D eigenvalue weighted by molar-refractivity contribution is 5.81. The summed E-state index contributed by atoms with van der Waals surface area (Å²) in [5, 5.41) is 14.5. The highest BCUT2D eigenvalue weighted by Gasteiger charge is 2.23. The average molecular weight is 423 g/mol. The second-order valence-corrected chi connectivity index (χ2v) is 8.63. The van der Waals surface area contributed by atoms with E-state index in [4.69, 9.17) is 10.2 Å². The topological polar surface area (TPSA) is 79.4 Å². The molecule has 31 heavy (non-hydrogen) atoms. The van der Waals surface area contributed by atoms with Gasteiger partial charge in [0.25, 0.3) is 5.56 Å². The van der Waals surface area contributed by atoms with E-state index in [9.17, 15) is 4.79 Å². The third-order valence-corrected chi connectivity index (χ3v) is 6.71. The lowest BCUT2D eigenvalue weighted by molar-refractivity contribution is 0.243. The van der Waals surface area contributed by atoms with E-state index < -0.39 is 0 Å². The molecule has 2 aromatic heterocycles. The van der Waals surface area contributed by atoms with Crippen LogP contribution in [0, 0.1) is 0 Å². The molecule has 0 atom stereocenters. The summed E-state index contributed by atoms with van der Waals surface area (Å²) >= 11 is 0. The van der Waals surface area contributed by atoms with Crippen molar-refractivity contribution in [3.05, 3.63) is 51.8 Å². The van der Waals surface area contributed by atoms with Gasteiger partial charge in [0.05, 0.1) is 41.8 Å². The predicted octanol–water partition coefficient (Wildman–Crippen LogP) is 1.32. The number of benzene rings is 1. The van der Waals surface area contributed by atoms with Gasteiger partial charge in [-0.05, 0) is 49.4 Å². The van der Waals surface area contributed by atoms with Crippen molar-refractivity contribution in [1.29, 1.82) is 0 Å². The maximum absolute atomic E-state index is 12.5. The Labute approximate surface area is 181 Å². The van der Waals surface area contributed by atoms with Gasteiger partial charge < -0.3 is 10.0 Å². The molecule has 1 saturated heterocycles. The minimum absolute atomic E-state index is 0.0723. The fourth-order valence-electron chi connectivity index (χ4n) is 4.93. The van der Waals surface area contributed by atoms with E-state index in [-0.39, 0.29) is 18.7 Å². The number of hydrogen-bond donors (Lipinski definition) is 1. The van der Waals surface area contributed by atoms with Crippen molar-refractivity contribution in [3.8, 4) is 0 Å². The number of aromatic nitrogens is 4. The zero-order chi connectivity index (χ0) is 21.4. The fraction of sp³-hybridized carbons (Fsp3) is 0.522. The van der Waals surface area contributed by atoms with Crippen LogP contribution >= 0.6 is 0 Å². The second-order valence-electron chi connectivity index (χ2n) is 8.63. The van der Waals surface area contributed by atoms with E-state index in [1.165, 1.54) is 47.1 Å². The minimum Gasteiger partial charge on any atom is -0.395 e. The lowest BCUT2D eigenvalue weighted by atomic mass is 9.95. The third-order valence-electron chi connectivity index (χ3n) is 6.71. The fourth-order valence-corrected chi connectivity index (χ4v) is 4.93. The molecule has 5 rings (SSSR count). The highest BCUT2D eigenvalue weighted by atomic mass is 16.3. The Morgan fingerprint density at radius 1 is 1.10 bits per heavy atom. The van der Waals surface area contributed by atoms with Crippen LogP contribution in [0.15, 0.2) is 29.3 Å². The molecule has 3 heterocycles. The van der Waals surface area contributed by atoms with E-state index in [1.54, 1.807) is 0 Å². The van der Waals surface area contributed by atoms with E-state index in [2.05, 4.69) is 26.5 Å². The van der Waals surface area contributed by atoms with Crippen LogP contribution in [-0.4, -0.2) is 62.1 Å². The molecule has 0 saturated carbocycles. The molecular weight excluding hydrogens is 392 g/mol. The first-order valence-electron chi connectivity index (χ1n) is 11.2. The van der Waals surface area contributed by atoms with E-state index in [0.29, 0.717) is 10.9 Å². The molecule has 8 nitrogen and oxygen atoms in total. The lowest BCUT2D eigenvalue weighted by Crippen LogP contribution is -2.46. The molecule has 2 aliphatic rings. The first-order valence-corrected chi connectivity index (χ1v) is 11.2. The quantitative estimate of drug-likeness (QED) is 0.668. The summed E-state index contributed by atoms with van der Waals surface area (Å²) in [7, 11) is 2.08. The smallest absolute Gasteiger partial charge is 0.261 e. The van der Waals surface area contributed by atoms with Gasteiger partial charge in [-0.15, -0.1) is 0 Å².